The van der Waals surface area contributed by atoms with E-state index in [1.807, 2.05) is 51.1 Å². The van der Waals surface area contributed by atoms with Gasteiger partial charge in [-0.15, -0.1) is 0 Å². The van der Waals surface area contributed by atoms with E-state index in [9.17, 15) is 9.90 Å². The number of carbonyl (C=O) groups is 1. The Morgan fingerprint density at radius 3 is 2.42 bits per heavy atom. The Bertz CT molecular complexity index is 385. The molecule has 0 radical (unpaired) electrons. The van der Waals surface area contributed by atoms with Gasteiger partial charge < -0.3 is 15.7 Å². The summed E-state index contributed by atoms with van der Waals surface area (Å²) in [7, 11) is 0. The zero-order chi connectivity index (χ0) is 14.3. The molecule has 3 N–H and O–H groups in total. The molecule has 0 bridgehead atoms. The highest BCUT2D eigenvalue weighted by atomic mass is 16.3. The second-order valence-corrected chi connectivity index (χ2v) is 5.77. The first-order chi connectivity index (χ1) is 8.89. The predicted molar refractivity (Wildman–Crippen MR) is 76.8 cm³/mol. The third-order valence-electron chi connectivity index (χ3n) is 3.00. The lowest BCUT2D eigenvalue weighted by molar-refractivity contribution is 0.0564. The summed E-state index contributed by atoms with van der Waals surface area (Å²) in [4.78, 5) is 11.5. The number of urea groups is 1. The predicted octanol–water partition coefficient (Wildman–Crippen LogP) is 2.28. The molecule has 0 aliphatic rings. The van der Waals surface area contributed by atoms with Crippen molar-refractivity contribution in [3.05, 3.63) is 35.9 Å². The molecular formula is C15H24N2O2. The zero-order valence-corrected chi connectivity index (χ0v) is 11.9. The van der Waals surface area contributed by atoms with Crippen molar-refractivity contribution in [1.29, 1.82) is 0 Å². The summed E-state index contributed by atoms with van der Waals surface area (Å²) in [6.45, 7) is 6.92. The van der Waals surface area contributed by atoms with Crippen LogP contribution in [0.15, 0.2) is 30.3 Å². The normalized spacial score (nSPS) is 12.8. The van der Waals surface area contributed by atoms with Crippen LogP contribution < -0.4 is 10.6 Å². The van der Waals surface area contributed by atoms with Crippen LogP contribution in [-0.4, -0.2) is 23.8 Å². The molecule has 106 valence electrons. The average Bonchev–Trinajstić information content (AvgIpc) is 2.36. The molecule has 4 heteroatoms. The van der Waals surface area contributed by atoms with E-state index >= 15 is 0 Å². The van der Waals surface area contributed by atoms with Gasteiger partial charge in [0.05, 0.1) is 6.10 Å². The number of benzene rings is 1. The van der Waals surface area contributed by atoms with Crippen LogP contribution in [-0.2, 0) is 6.54 Å². The van der Waals surface area contributed by atoms with Crippen molar-refractivity contribution >= 4 is 6.03 Å². The number of aliphatic hydroxyl groups excluding tert-OH is 1. The van der Waals surface area contributed by atoms with Crippen LogP contribution in [0.4, 0.5) is 4.79 Å². The van der Waals surface area contributed by atoms with Crippen LogP contribution in [0.1, 0.15) is 32.8 Å². The summed E-state index contributed by atoms with van der Waals surface area (Å²) < 4.78 is 0. The van der Waals surface area contributed by atoms with E-state index in [0.29, 0.717) is 19.5 Å². The van der Waals surface area contributed by atoms with Crippen molar-refractivity contribution in [3.8, 4) is 0 Å². The fourth-order valence-corrected chi connectivity index (χ4v) is 1.60. The molecule has 1 rings (SSSR count). The van der Waals surface area contributed by atoms with E-state index in [1.54, 1.807) is 0 Å². The lowest BCUT2D eigenvalue weighted by Crippen LogP contribution is -2.38. The van der Waals surface area contributed by atoms with Crippen molar-refractivity contribution in [2.75, 3.05) is 6.54 Å². The number of rotatable bonds is 5. The maximum absolute atomic E-state index is 11.5. The minimum atomic E-state index is -0.415. The monoisotopic (exact) mass is 264 g/mol. The molecule has 1 aromatic rings. The van der Waals surface area contributed by atoms with Gasteiger partial charge in [0.15, 0.2) is 0 Å². The van der Waals surface area contributed by atoms with Crippen LogP contribution in [0.3, 0.4) is 0 Å². The summed E-state index contributed by atoms with van der Waals surface area (Å²) in [5.41, 5.74) is 0.912. The maximum atomic E-state index is 11.5. The van der Waals surface area contributed by atoms with Crippen LogP contribution >= 0.6 is 0 Å². The number of aliphatic hydroxyl groups is 1. The van der Waals surface area contributed by atoms with Gasteiger partial charge in [-0.3, -0.25) is 0 Å². The van der Waals surface area contributed by atoms with E-state index < -0.39 is 6.10 Å². The molecule has 0 saturated carbocycles. The molecular weight excluding hydrogens is 240 g/mol. The molecule has 4 nitrogen and oxygen atoms in total. The van der Waals surface area contributed by atoms with Crippen molar-refractivity contribution in [3.63, 3.8) is 0 Å². The molecule has 1 atom stereocenters. The highest BCUT2D eigenvalue weighted by Crippen LogP contribution is 2.20. The Morgan fingerprint density at radius 2 is 1.84 bits per heavy atom. The van der Waals surface area contributed by atoms with E-state index in [0.717, 1.165) is 5.56 Å². The molecule has 0 fully saturated rings. The zero-order valence-electron chi connectivity index (χ0n) is 11.9. The third-order valence-corrected chi connectivity index (χ3v) is 3.00. The van der Waals surface area contributed by atoms with Crippen LogP contribution in [0.25, 0.3) is 0 Å². The van der Waals surface area contributed by atoms with Gasteiger partial charge in [0.2, 0.25) is 0 Å². The van der Waals surface area contributed by atoms with Gasteiger partial charge in [0, 0.05) is 13.1 Å². The first kappa shape index (κ1) is 15.5. The second kappa shape index (κ2) is 7.14. The molecule has 0 aliphatic carbocycles. The highest BCUT2D eigenvalue weighted by molar-refractivity contribution is 5.73. The average molecular weight is 264 g/mol. The molecule has 0 aliphatic heterocycles. The number of amides is 2. The Hall–Kier alpha value is -1.55. The van der Waals surface area contributed by atoms with Crippen molar-refractivity contribution in [2.24, 2.45) is 5.41 Å². The standard InChI is InChI=1S/C15H24N2O2/c1-15(2,3)13(18)9-10-16-14(19)17-11-12-7-5-4-6-8-12/h4-8,13,18H,9-11H2,1-3H3,(H2,16,17,19)/t13-/m1/s1. The fraction of sp³-hybridized carbons (Fsp3) is 0.533. The summed E-state index contributed by atoms with van der Waals surface area (Å²) in [6.07, 6.45) is 0.143. The lowest BCUT2D eigenvalue weighted by atomic mass is 9.87. The van der Waals surface area contributed by atoms with Gasteiger partial charge >= 0.3 is 6.03 Å². The summed E-state index contributed by atoms with van der Waals surface area (Å²) in [5, 5.41) is 15.4. The van der Waals surface area contributed by atoms with Gasteiger partial charge in [-0.1, -0.05) is 51.1 Å². The molecule has 0 spiro atoms. The molecule has 19 heavy (non-hydrogen) atoms. The Kier molecular flexibility index (Phi) is 5.83. The maximum Gasteiger partial charge on any atom is 0.315 e. The Labute approximate surface area is 115 Å². The number of hydrogen-bond acceptors (Lipinski definition) is 2. The van der Waals surface area contributed by atoms with E-state index in [2.05, 4.69) is 10.6 Å². The van der Waals surface area contributed by atoms with Gasteiger partial charge in [0.1, 0.15) is 0 Å². The quantitative estimate of drug-likeness (QED) is 0.764. The smallest absolute Gasteiger partial charge is 0.315 e. The summed E-state index contributed by atoms with van der Waals surface area (Å²) >= 11 is 0. The van der Waals surface area contributed by atoms with E-state index in [4.69, 9.17) is 0 Å². The van der Waals surface area contributed by atoms with Crippen molar-refractivity contribution < 1.29 is 9.90 Å². The second-order valence-electron chi connectivity index (χ2n) is 5.77. The summed E-state index contributed by atoms with van der Waals surface area (Å²) in [6, 6.07) is 9.54. The van der Waals surface area contributed by atoms with Crippen molar-refractivity contribution in [1.82, 2.24) is 10.6 Å². The minimum absolute atomic E-state index is 0.151. The van der Waals surface area contributed by atoms with Crippen LogP contribution in [0, 0.1) is 5.41 Å². The number of hydrogen-bond donors (Lipinski definition) is 3. The molecule has 2 amide bonds. The summed E-state index contributed by atoms with van der Waals surface area (Å²) in [5.74, 6) is 0. The largest absolute Gasteiger partial charge is 0.393 e. The van der Waals surface area contributed by atoms with E-state index in [-0.39, 0.29) is 11.4 Å². The van der Waals surface area contributed by atoms with Crippen molar-refractivity contribution in [2.45, 2.75) is 39.8 Å². The molecule has 1 aromatic carbocycles. The van der Waals surface area contributed by atoms with Gasteiger partial charge in [-0.05, 0) is 17.4 Å². The molecule has 0 saturated heterocycles. The lowest BCUT2D eigenvalue weighted by Gasteiger charge is -2.25. The van der Waals surface area contributed by atoms with E-state index in [1.165, 1.54) is 0 Å². The number of nitrogens with one attached hydrogen (secondary N) is 2. The Balaban J connectivity index is 2.19. The minimum Gasteiger partial charge on any atom is -0.393 e. The molecule has 0 unspecified atom stereocenters. The Morgan fingerprint density at radius 1 is 1.21 bits per heavy atom. The molecule has 0 heterocycles. The fourth-order valence-electron chi connectivity index (χ4n) is 1.60. The van der Waals surface area contributed by atoms with Crippen LogP contribution in [0.5, 0.6) is 0 Å². The van der Waals surface area contributed by atoms with Gasteiger partial charge in [-0.25, -0.2) is 4.79 Å². The topological polar surface area (TPSA) is 61.4 Å². The van der Waals surface area contributed by atoms with Gasteiger partial charge in [-0.2, -0.15) is 0 Å². The highest BCUT2D eigenvalue weighted by Gasteiger charge is 2.21. The van der Waals surface area contributed by atoms with Gasteiger partial charge in [0.25, 0.3) is 0 Å². The number of carbonyl (C=O) groups excluding carboxylic acids is 1. The molecule has 0 aromatic heterocycles. The SMILES string of the molecule is CC(C)(C)[C@H](O)CCNC(=O)NCc1ccccc1. The first-order valence-corrected chi connectivity index (χ1v) is 6.63. The third kappa shape index (κ3) is 6.25. The first-order valence-electron chi connectivity index (χ1n) is 6.63. The van der Waals surface area contributed by atoms with Crippen LogP contribution in [0.2, 0.25) is 0 Å².